The Morgan fingerprint density at radius 2 is 1.50 bits per heavy atom. The van der Waals surface area contributed by atoms with Gasteiger partial charge in [0, 0.05) is 12.1 Å². The maximum absolute atomic E-state index is 11.4. The lowest BCUT2D eigenvalue weighted by Gasteiger charge is -2.12. The molecule has 0 heterocycles. The van der Waals surface area contributed by atoms with Crippen molar-refractivity contribution < 1.29 is 4.79 Å². The zero-order valence-electron chi connectivity index (χ0n) is 14.0. The average molecular weight is 281 g/mol. The first-order valence-corrected chi connectivity index (χ1v) is 8.51. The summed E-state index contributed by atoms with van der Waals surface area (Å²) >= 11 is 0. The van der Waals surface area contributed by atoms with Gasteiger partial charge in [-0.25, -0.2) is 0 Å². The molecule has 0 radical (unpaired) electrons. The summed E-state index contributed by atoms with van der Waals surface area (Å²) in [5, 5.41) is 2.92. The molecule has 0 fully saturated rings. The molecule has 20 heavy (non-hydrogen) atoms. The first-order valence-electron chi connectivity index (χ1n) is 8.51. The maximum Gasteiger partial charge on any atom is 0.246 e. The molecule has 0 saturated carbocycles. The summed E-state index contributed by atoms with van der Waals surface area (Å²) in [4.78, 5) is 11.4. The van der Waals surface area contributed by atoms with Gasteiger partial charge in [0.05, 0.1) is 0 Å². The van der Waals surface area contributed by atoms with Crippen LogP contribution >= 0.6 is 0 Å². The van der Waals surface area contributed by atoms with Crippen molar-refractivity contribution in [1.82, 2.24) is 5.32 Å². The van der Waals surface area contributed by atoms with Crippen LogP contribution < -0.4 is 5.32 Å². The molecule has 0 bridgehead atoms. The van der Waals surface area contributed by atoms with Crippen LogP contribution in [0.15, 0.2) is 12.2 Å². The molecule has 0 aliphatic rings. The quantitative estimate of drug-likeness (QED) is 0.363. The van der Waals surface area contributed by atoms with Crippen LogP contribution in [-0.2, 0) is 4.79 Å². The molecular weight excluding hydrogens is 246 g/mol. The lowest BCUT2D eigenvalue weighted by atomic mass is 10.0. The molecule has 118 valence electrons. The highest BCUT2D eigenvalue weighted by Crippen LogP contribution is 2.13. The van der Waals surface area contributed by atoms with Gasteiger partial charge in [0.15, 0.2) is 0 Å². The Bertz CT molecular complexity index is 260. The second kappa shape index (κ2) is 13.2. The van der Waals surface area contributed by atoms with E-state index in [1.165, 1.54) is 64.2 Å². The number of unbranched alkanes of at least 4 members (excludes halogenated alkanes) is 8. The Balaban J connectivity index is 3.29. The molecule has 0 aromatic carbocycles. The molecule has 1 unspecified atom stereocenters. The van der Waals surface area contributed by atoms with E-state index >= 15 is 0 Å². The standard InChI is InChI=1S/C18H35NO/c1-5-6-7-8-9-10-11-12-13-14-17(4)15-19-18(20)16(2)3/h17H,2,5-15H2,1,3-4H3,(H,19,20). The van der Waals surface area contributed by atoms with Crippen LogP contribution in [0.2, 0.25) is 0 Å². The summed E-state index contributed by atoms with van der Waals surface area (Å²) in [6.45, 7) is 10.7. The maximum atomic E-state index is 11.4. The zero-order chi connectivity index (χ0) is 15.2. The van der Waals surface area contributed by atoms with Crippen LogP contribution in [-0.4, -0.2) is 12.5 Å². The minimum Gasteiger partial charge on any atom is -0.352 e. The van der Waals surface area contributed by atoms with Gasteiger partial charge in [-0.2, -0.15) is 0 Å². The molecule has 1 atom stereocenters. The Morgan fingerprint density at radius 1 is 1.00 bits per heavy atom. The number of hydrogen-bond acceptors (Lipinski definition) is 1. The number of hydrogen-bond donors (Lipinski definition) is 1. The first kappa shape index (κ1) is 19.2. The summed E-state index contributed by atoms with van der Waals surface area (Å²) < 4.78 is 0. The summed E-state index contributed by atoms with van der Waals surface area (Å²) in [7, 11) is 0. The van der Waals surface area contributed by atoms with E-state index in [9.17, 15) is 4.79 Å². The minimum absolute atomic E-state index is 0.0103. The molecule has 0 rings (SSSR count). The van der Waals surface area contributed by atoms with Crippen LogP contribution in [0, 0.1) is 5.92 Å². The SMILES string of the molecule is C=C(C)C(=O)NCC(C)CCCCCCCCCCC. The van der Waals surface area contributed by atoms with E-state index in [4.69, 9.17) is 0 Å². The fourth-order valence-electron chi connectivity index (χ4n) is 2.32. The topological polar surface area (TPSA) is 29.1 Å². The Hall–Kier alpha value is -0.790. The van der Waals surface area contributed by atoms with Crippen molar-refractivity contribution in [3.05, 3.63) is 12.2 Å². The van der Waals surface area contributed by atoms with Crippen molar-refractivity contribution in [1.29, 1.82) is 0 Å². The van der Waals surface area contributed by atoms with E-state index in [2.05, 4.69) is 25.7 Å². The van der Waals surface area contributed by atoms with E-state index in [1.807, 2.05) is 0 Å². The second-order valence-corrected chi connectivity index (χ2v) is 6.21. The van der Waals surface area contributed by atoms with Gasteiger partial charge in [-0.15, -0.1) is 0 Å². The van der Waals surface area contributed by atoms with Crippen LogP contribution in [0.4, 0.5) is 0 Å². The normalized spacial score (nSPS) is 12.2. The number of nitrogens with one attached hydrogen (secondary N) is 1. The number of rotatable bonds is 13. The zero-order valence-corrected chi connectivity index (χ0v) is 14.0. The molecule has 0 aliphatic heterocycles. The highest BCUT2D eigenvalue weighted by Gasteiger charge is 2.05. The van der Waals surface area contributed by atoms with Gasteiger partial charge in [-0.05, 0) is 19.3 Å². The van der Waals surface area contributed by atoms with Gasteiger partial charge in [0.1, 0.15) is 0 Å². The third-order valence-electron chi connectivity index (χ3n) is 3.80. The van der Waals surface area contributed by atoms with Gasteiger partial charge in [-0.1, -0.05) is 78.2 Å². The summed E-state index contributed by atoms with van der Waals surface area (Å²) in [6, 6.07) is 0. The van der Waals surface area contributed by atoms with Gasteiger partial charge in [-0.3, -0.25) is 4.79 Å². The van der Waals surface area contributed by atoms with E-state index in [0.29, 0.717) is 11.5 Å². The van der Waals surface area contributed by atoms with Gasteiger partial charge >= 0.3 is 0 Å². The van der Waals surface area contributed by atoms with Crippen LogP contribution in [0.3, 0.4) is 0 Å². The molecule has 1 N–H and O–H groups in total. The molecule has 0 spiro atoms. The molecule has 0 aromatic heterocycles. The summed E-state index contributed by atoms with van der Waals surface area (Å²) in [5.41, 5.74) is 0.597. The van der Waals surface area contributed by atoms with Gasteiger partial charge in [0.2, 0.25) is 5.91 Å². The predicted octanol–water partition coefficient (Wildman–Crippen LogP) is 5.24. The van der Waals surface area contributed by atoms with Crippen LogP contribution in [0.5, 0.6) is 0 Å². The molecule has 2 heteroatoms. The lowest BCUT2D eigenvalue weighted by molar-refractivity contribution is -0.117. The van der Waals surface area contributed by atoms with Gasteiger partial charge < -0.3 is 5.32 Å². The predicted molar refractivity (Wildman–Crippen MR) is 88.8 cm³/mol. The van der Waals surface area contributed by atoms with E-state index < -0.39 is 0 Å². The smallest absolute Gasteiger partial charge is 0.246 e. The van der Waals surface area contributed by atoms with Crippen molar-refractivity contribution in [2.24, 2.45) is 5.92 Å². The van der Waals surface area contributed by atoms with Crippen molar-refractivity contribution in [2.75, 3.05) is 6.54 Å². The molecule has 2 nitrogen and oxygen atoms in total. The highest BCUT2D eigenvalue weighted by atomic mass is 16.1. The van der Waals surface area contributed by atoms with Crippen LogP contribution in [0.1, 0.15) is 85.0 Å². The van der Waals surface area contributed by atoms with E-state index in [0.717, 1.165) is 6.54 Å². The third-order valence-corrected chi connectivity index (χ3v) is 3.80. The monoisotopic (exact) mass is 281 g/mol. The molecular formula is C18H35NO. The van der Waals surface area contributed by atoms with E-state index in [1.54, 1.807) is 6.92 Å². The number of carbonyl (C=O) groups is 1. The Labute approximate surface area is 126 Å². The number of carbonyl (C=O) groups excluding carboxylic acids is 1. The molecule has 0 aromatic rings. The van der Waals surface area contributed by atoms with Crippen molar-refractivity contribution in [3.63, 3.8) is 0 Å². The average Bonchev–Trinajstić information content (AvgIpc) is 2.42. The number of amides is 1. The fraction of sp³-hybridized carbons (Fsp3) is 0.833. The molecule has 1 amide bonds. The van der Waals surface area contributed by atoms with E-state index in [-0.39, 0.29) is 5.91 Å². The largest absolute Gasteiger partial charge is 0.352 e. The summed E-state index contributed by atoms with van der Waals surface area (Å²) in [6.07, 6.45) is 13.6. The first-order chi connectivity index (χ1) is 9.57. The van der Waals surface area contributed by atoms with Gasteiger partial charge in [0.25, 0.3) is 0 Å². The molecule has 0 aliphatic carbocycles. The van der Waals surface area contributed by atoms with Crippen molar-refractivity contribution >= 4 is 5.91 Å². The van der Waals surface area contributed by atoms with Crippen molar-refractivity contribution in [2.45, 2.75) is 85.0 Å². The van der Waals surface area contributed by atoms with Crippen LogP contribution in [0.25, 0.3) is 0 Å². The fourth-order valence-corrected chi connectivity index (χ4v) is 2.32. The highest BCUT2D eigenvalue weighted by molar-refractivity contribution is 5.92. The second-order valence-electron chi connectivity index (χ2n) is 6.21. The minimum atomic E-state index is -0.0103. The third kappa shape index (κ3) is 12.3. The van der Waals surface area contributed by atoms with Crippen molar-refractivity contribution in [3.8, 4) is 0 Å². The Kier molecular flexibility index (Phi) is 12.7. The lowest BCUT2D eigenvalue weighted by Crippen LogP contribution is -2.28. The molecule has 0 saturated heterocycles. The Morgan fingerprint density at radius 3 is 2.00 bits per heavy atom. The summed E-state index contributed by atoms with van der Waals surface area (Å²) in [5.74, 6) is 0.562.